The second-order valence-corrected chi connectivity index (χ2v) is 6.03. The first-order chi connectivity index (χ1) is 10.3. The number of carbonyl (C=O) groups is 2. The molecule has 0 unspecified atom stereocenters. The highest BCUT2D eigenvalue weighted by atomic mass is 19.4. The summed E-state index contributed by atoms with van der Waals surface area (Å²) in [5, 5.41) is 0. The Bertz CT molecular complexity index is 422. The van der Waals surface area contributed by atoms with Crippen LogP contribution in [0.3, 0.4) is 0 Å². The molecule has 22 heavy (non-hydrogen) atoms. The molecule has 2 fully saturated rings. The van der Waals surface area contributed by atoms with E-state index in [2.05, 4.69) is 0 Å². The van der Waals surface area contributed by atoms with Crippen molar-refractivity contribution in [2.45, 2.75) is 44.4 Å². The Labute approximate surface area is 127 Å². The number of alkyl halides is 3. The minimum Gasteiger partial charge on any atom is -0.369 e. The van der Waals surface area contributed by atoms with Crippen molar-refractivity contribution in [3.8, 4) is 0 Å². The Morgan fingerprint density at radius 2 is 1.77 bits per heavy atom. The Kier molecular flexibility index (Phi) is 5.31. The van der Waals surface area contributed by atoms with Crippen LogP contribution in [0.25, 0.3) is 0 Å². The van der Waals surface area contributed by atoms with Crippen LogP contribution in [-0.2, 0) is 14.3 Å². The highest BCUT2D eigenvalue weighted by Gasteiger charge is 2.52. The molecule has 0 aromatic carbocycles. The summed E-state index contributed by atoms with van der Waals surface area (Å²) in [5.41, 5.74) is 5.03. The molecule has 0 aromatic heterocycles. The number of hydrogen-bond acceptors (Lipinski definition) is 3. The highest BCUT2D eigenvalue weighted by molar-refractivity contribution is 5.82. The topological polar surface area (TPSA) is 72.6 Å². The van der Waals surface area contributed by atoms with Crippen LogP contribution in [-0.4, -0.2) is 48.7 Å². The van der Waals surface area contributed by atoms with Crippen LogP contribution in [0.5, 0.6) is 0 Å². The third-order valence-corrected chi connectivity index (χ3v) is 4.45. The zero-order valence-electron chi connectivity index (χ0n) is 12.3. The van der Waals surface area contributed by atoms with Crippen LogP contribution < -0.4 is 5.73 Å². The molecule has 2 N–H and O–H groups in total. The SMILES string of the molecule is NC(=O)[C@@H]1CN(C(=O)COC2CCCCC2)C[C@H]1C(F)(F)F. The summed E-state index contributed by atoms with van der Waals surface area (Å²) in [6.07, 6.45) is 0.452. The molecule has 5 nitrogen and oxygen atoms in total. The van der Waals surface area contributed by atoms with Crippen molar-refractivity contribution in [2.75, 3.05) is 19.7 Å². The van der Waals surface area contributed by atoms with Crippen LogP contribution >= 0.6 is 0 Å². The minimum absolute atomic E-state index is 0.00523. The molecule has 0 spiro atoms. The predicted octanol–water partition coefficient (Wildman–Crippen LogP) is 1.46. The number of primary amides is 1. The Balaban J connectivity index is 1.89. The van der Waals surface area contributed by atoms with Crippen LogP contribution in [0.15, 0.2) is 0 Å². The van der Waals surface area contributed by atoms with E-state index in [-0.39, 0.29) is 19.3 Å². The van der Waals surface area contributed by atoms with Crippen molar-refractivity contribution in [1.82, 2.24) is 4.90 Å². The molecule has 1 saturated heterocycles. The largest absolute Gasteiger partial charge is 0.394 e. The van der Waals surface area contributed by atoms with Gasteiger partial charge in [0.1, 0.15) is 6.61 Å². The number of hydrogen-bond donors (Lipinski definition) is 1. The first-order valence-electron chi connectivity index (χ1n) is 7.54. The number of halogens is 3. The maximum absolute atomic E-state index is 12.9. The highest BCUT2D eigenvalue weighted by Crippen LogP contribution is 2.37. The maximum atomic E-state index is 12.9. The second kappa shape index (κ2) is 6.85. The molecule has 126 valence electrons. The van der Waals surface area contributed by atoms with Gasteiger partial charge in [0.2, 0.25) is 11.8 Å². The minimum atomic E-state index is -4.54. The van der Waals surface area contributed by atoms with Crippen molar-refractivity contribution < 1.29 is 27.5 Å². The number of likely N-dealkylation sites (tertiary alicyclic amines) is 1. The van der Waals surface area contributed by atoms with Crippen LogP contribution in [0, 0.1) is 11.8 Å². The van der Waals surface area contributed by atoms with Gasteiger partial charge in [-0.1, -0.05) is 19.3 Å². The number of nitrogens with two attached hydrogens (primary N) is 1. The van der Waals surface area contributed by atoms with Gasteiger partial charge >= 0.3 is 6.18 Å². The maximum Gasteiger partial charge on any atom is 0.394 e. The zero-order chi connectivity index (χ0) is 16.3. The summed E-state index contributed by atoms with van der Waals surface area (Å²) >= 11 is 0. The average Bonchev–Trinajstić information content (AvgIpc) is 2.91. The summed E-state index contributed by atoms with van der Waals surface area (Å²) in [6, 6.07) is 0. The average molecular weight is 322 g/mol. The van der Waals surface area contributed by atoms with Gasteiger partial charge in [-0.2, -0.15) is 13.2 Å². The fourth-order valence-corrected chi connectivity index (χ4v) is 3.14. The molecule has 1 heterocycles. The van der Waals surface area contributed by atoms with Crippen molar-refractivity contribution in [3.05, 3.63) is 0 Å². The van der Waals surface area contributed by atoms with E-state index in [0.29, 0.717) is 0 Å². The third-order valence-electron chi connectivity index (χ3n) is 4.45. The molecular formula is C14H21F3N2O3. The van der Waals surface area contributed by atoms with E-state index in [1.165, 1.54) is 0 Å². The van der Waals surface area contributed by atoms with E-state index in [4.69, 9.17) is 10.5 Å². The van der Waals surface area contributed by atoms with E-state index in [0.717, 1.165) is 37.0 Å². The molecule has 0 radical (unpaired) electrons. The van der Waals surface area contributed by atoms with Gasteiger partial charge in [-0.25, -0.2) is 0 Å². The molecule has 8 heteroatoms. The molecule has 0 bridgehead atoms. The van der Waals surface area contributed by atoms with E-state index < -0.39 is 36.4 Å². The van der Waals surface area contributed by atoms with Crippen molar-refractivity contribution in [3.63, 3.8) is 0 Å². The summed E-state index contributed by atoms with van der Waals surface area (Å²) in [7, 11) is 0. The number of nitrogens with zero attached hydrogens (tertiary/aromatic N) is 1. The molecule has 2 atom stereocenters. The number of ether oxygens (including phenoxy) is 1. The quantitative estimate of drug-likeness (QED) is 0.851. The summed E-state index contributed by atoms with van der Waals surface area (Å²) in [4.78, 5) is 24.2. The zero-order valence-corrected chi connectivity index (χ0v) is 12.3. The van der Waals surface area contributed by atoms with Crippen molar-refractivity contribution in [2.24, 2.45) is 17.6 Å². The Morgan fingerprint density at radius 1 is 1.14 bits per heavy atom. The van der Waals surface area contributed by atoms with Crippen molar-refractivity contribution >= 4 is 11.8 Å². The van der Waals surface area contributed by atoms with Gasteiger partial charge in [0.05, 0.1) is 17.9 Å². The molecule has 2 rings (SSSR count). The summed E-state index contributed by atoms with van der Waals surface area (Å²) in [6.45, 7) is -1.04. The van der Waals surface area contributed by atoms with Crippen LogP contribution in [0.1, 0.15) is 32.1 Å². The molecule has 1 aliphatic carbocycles. The summed E-state index contributed by atoms with van der Waals surface area (Å²) in [5.74, 6) is -4.79. The normalized spacial score (nSPS) is 27.1. The number of rotatable bonds is 4. The third kappa shape index (κ3) is 4.12. The molecule has 0 aromatic rings. The first kappa shape index (κ1) is 17.1. The molecular weight excluding hydrogens is 301 g/mol. The number of carbonyl (C=O) groups excluding carboxylic acids is 2. The second-order valence-electron chi connectivity index (χ2n) is 6.03. The van der Waals surface area contributed by atoms with Gasteiger partial charge < -0.3 is 15.4 Å². The first-order valence-corrected chi connectivity index (χ1v) is 7.54. The van der Waals surface area contributed by atoms with Crippen molar-refractivity contribution in [1.29, 1.82) is 0 Å². The van der Waals surface area contributed by atoms with E-state index in [9.17, 15) is 22.8 Å². The van der Waals surface area contributed by atoms with Gasteiger partial charge in [0.25, 0.3) is 0 Å². The monoisotopic (exact) mass is 322 g/mol. The van der Waals surface area contributed by atoms with Gasteiger partial charge in [0, 0.05) is 13.1 Å². The standard InChI is InChI=1S/C14H21F3N2O3/c15-14(16,17)11-7-19(6-10(11)13(18)21)12(20)8-22-9-4-2-1-3-5-9/h9-11H,1-8H2,(H2,18,21)/t10-,11-/m1/s1. The lowest BCUT2D eigenvalue weighted by molar-refractivity contribution is -0.183. The van der Waals surface area contributed by atoms with E-state index in [1.807, 2.05) is 0 Å². The Morgan fingerprint density at radius 3 is 2.27 bits per heavy atom. The lowest BCUT2D eigenvalue weighted by Crippen LogP contribution is -2.37. The van der Waals surface area contributed by atoms with Gasteiger partial charge in [0.15, 0.2) is 0 Å². The lowest BCUT2D eigenvalue weighted by atomic mass is 9.95. The molecule has 1 saturated carbocycles. The van der Waals surface area contributed by atoms with Crippen LogP contribution in [0.2, 0.25) is 0 Å². The Hall–Kier alpha value is -1.31. The predicted molar refractivity (Wildman–Crippen MR) is 71.6 cm³/mol. The molecule has 1 aliphatic heterocycles. The van der Waals surface area contributed by atoms with Gasteiger partial charge in [-0.05, 0) is 12.8 Å². The fraction of sp³-hybridized carbons (Fsp3) is 0.857. The van der Waals surface area contributed by atoms with E-state index >= 15 is 0 Å². The molecule has 2 aliphatic rings. The smallest absolute Gasteiger partial charge is 0.369 e. The van der Waals surface area contributed by atoms with Gasteiger partial charge in [-0.3, -0.25) is 9.59 Å². The number of amides is 2. The van der Waals surface area contributed by atoms with Crippen LogP contribution in [0.4, 0.5) is 13.2 Å². The van der Waals surface area contributed by atoms with E-state index in [1.54, 1.807) is 0 Å². The summed E-state index contributed by atoms with van der Waals surface area (Å²) < 4.78 is 44.2. The van der Waals surface area contributed by atoms with Gasteiger partial charge in [-0.15, -0.1) is 0 Å². The lowest BCUT2D eigenvalue weighted by Gasteiger charge is -2.23. The molecule has 2 amide bonds. The fourth-order valence-electron chi connectivity index (χ4n) is 3.14.